The highest BCUT2D eigenvalue weighted by atomic mass is 16.5. The van der Waals surface area contributed by atoms with Crippen LogP contribution >= 0.6 is 0 Å². The topological polar surface area (TPSA) is 59.3 Å². The molecule has 0 heterocycles. The van der Waals surface area contributed by atoms with Crippen molar-refractivity contribution in [1.29, 1.82) is 5.26 Å². The summed E-state index contributed by atoms with van der Waals surface area (Å²) in [5, 5.41) is 9.08. The molecule has 0 fully saturated rings. The van der Waals surface area contributed by atoms with Gasteiger partial charge in [0.05, 0.1) is 6.61 Å². The van der Waals surface area contributed by atoms with Crippen molar-refractivity contribution in [2.45, 2.75) is 34.3 Å². The van der Waals surface area contributed by atoms with E-state index in [4.69, 9.17) is 14.7 Å². The van der Waals surface area contributed by atoms with E-state index in [1.54, 1.807) is 19.1 Å². The summed E-state index contributed by atoms with van der Waals surface area (Å²) in [4.78, 5) is 11.7. The van der Waals surface area contributed by atoms with Gasteiger partial charge in [-0.1, -0.05) is 29.8 Å². The van der Waals surface area contributed by atoms with Gasteiger partial charge < -0.3 is 9.47 Å². The summed E-state index contributed by atoms with van der Waals surface area (Å²) in [6, 6.07) is 13.4. The third kappa shape index (κ3) is 4.97. The number of rotatable bonds is 6. The molecule has 2 rings (SSSR count). The van der Waals surface area contributed by atoms with E-state index in [9.17, 15) is 4.79 Å². The normalized spacial score (nSPS) is 11.0. The Labute approximate surface area is 154 Å². The van der Waals surface area contributed by atoms with Gasteiger partial charge in [0.1, 0.15) is 24.0 Å². The summed E-state index contributed by atoms with van der Waals surface area (Å²) in [5.74, 6) is 0.122. The molecule has 0 saturated carbocycles. The first-order chi connectivity index (χ1) is 12.4. The smallest absolute Gasteiger partial charge is 0.348 e. The average Bonchev–Trinajstić information content (AvgIpc) is 2.60. The van der Waals surface area contributed by atoms with Crippen LogP contribution in [0.2, 0.25) is 0 Å². The lowest BCUT2D eigenvalue weighted by Gasteiger charge is -2.13. The minimum Gasteiger partial charge on any atom is -0.489 e. The van der Waals surface area contributed by atoms with Gasteiger partial charge in [0.2, 0.25) is 0 Å². The number of hydrogen-bond donors (Lipinski definition) is 0. The van der Waals surface area contributed by atoms with Crippen molar-refractivity contribution in [3.63, 3.8) is 0 Å². The Morgan fingerprint density at radius 2 is 1.73 bits per heavy atom. The molecule has 134 valence electrons. The monoisotopic (exact) mass is 349 g/mol. The fourth-order valence-corrected chi connectivity index (χ4v) is 2.77. The summed E-state index contributed by atoms with van der Waals surface area (Å²) in [5.41, 5.74) is 5.59. The van der Waals surface area contributed by atoms with Gasteiger partial charge in [0, 0.05) is 0 Å². The first-order valence-corrected chi connectivity index (χ1v) is 8.53. The average molecular weight is 349 g/mol. The number of ether oxygens (including phenoxy) is 2. The Bertz CT molecular complexity index is 835. The van der Waals surface area contributed by atoms with E-state index in [1.807, 2.05) is 18.2 Å². The molecule has 0 atom stereocenters. The van der Waals surface area contributed by atoms with E-state index in [-0.39, 0.29) is 12.2 Å². The largest absolute Gasteiger partial charge is 0.489 e. The van der Waals surface area contributed by atoms with E-state index in [1.165, 1.54) is 28.3 Å². The number of benzene rings is 2. The molecule has 0 aromatic heterocycles. The highest BCUT2D eigenvalue weighted by Gasteiger charge is 2.10. The van der Waals surface area contributed by atoms with E-state index in [0.29, 0.717) is 6.61 Å². The summed E-state index contributed by atoms with van der Waals surface area (Å²) in [6.45, 7) is 8.71. The predicted molar refractivity (Wildman–Crippen MR) is 102 cm³/mol. The van der Waals surface area contributed by atoms with Crippen LogP contribution in [0.1, 0.15) is 34.7 Å². The van der Waals surface area contributed by atoms with Gasteiger partial charge in [-0.25, -0.2) is 4.79 Å². The highest BCUT2D eigenvalue weighted by Crippen LogP contribution is 2.20. The minimum atomic E-state index is -0.611. The van der Waals surface area contributed by atoms with E-state index < -0.39 is 5.97 Å². The zero-order chi connectivity index (χ0) is 19.1. The fraction of sp³-hybridized carbons (Fsp3) is 0.273. The lowest BCUT2D eigenvalue weighted by molar-refractivity contribution is -0.137. The standard InChI is InChI=1S/C22H23NO3/c1-5-25-22(24)19(13-23)12-18-6-8-20(9-7-18)26-14-21-16(3)10-15(2)11-17(21)4/h6-12H,5,14H2,1-4H3/b19-12+. The van der Waals surface area contributed by atoms with Crippen molar-refractivity contribution in [1.82, 2.24) is 0 Å². The number of nitrogens with zero attached hydrogens (tertiary/aromatic N) is 1. The van der Waals surface area contributed by atoms with Crippen LogP contribution in [0.15, 0.2) is 42.0 Å². The van der Waals surface area contributed by atoms with Gasteiger partial charge in [-0.3, -0.25) is 0 Å². The highest BCUT2D eigenvalue weighted by molar-refractivity contribution is 5.97. The molecule has 0 unspecified atom stereocenters. The summed E-state index contributed by atoms with van der Waals surface area (Å²) in [7, 11) is 0. The van der Waals surface area contributed by atoms with Crippen LogP contribution in [0.3, 0.4) is 0 Å². The second kappa shape index (κ2) is 8.87. The molecule has 0 N–H and O–H groups in total. The molecule has 4 heteroatoms. The van der Waals surface area contributed by atoms with Crippen LogP contribution in [-0.4, -0.2) is 12.6 Å². The number of aryl methyl sites for hydroxylation is 3. The maximum Gasteiger partial charge on any atom is 0.348 e. The molecule has 0 saturated heterocycles. The van der Waals surface area contributed by atoms with Crippen LogP contribution in [0.4, 0.5) is 0 Å². The summed E-state index contributed by atoms with van der Waals surface area (Å²) < 4.78 is 10.7. The van der Waals surface area contributed by atoms with Crippen molar-refractivity contribution in [3.05, 3.63) is 69.8 Å². The molecular weight excluding hydrogens is 326 g/mol. The van der Waals surface area contributed by atoms with Crippen molar-refractivity contribution >= 4 is 12.0 Å². The first-order valence-electron chi connectivity index (χ1n) is 8.53. The van der Waals surface area contributed by atoms with Crippen LogP contribution in [0.25, 0.3) is 6.08 Å². The van der Waals surface area contributed by atoms with Gasteiger partial charge in [-0.15, -0.1) is 0 Å². The van der Waals surface area contributed by atoms with Gasteiger partial charge in [-0.2, -0.15) is 5.26 Å². The van der Waals surface area contributed by atoms with Gasteiger partial charge >= 0.3 is 5.97 Å². The first kappa shape index (κ1) is 19.3. The maximum atomic E-state index is 11.7. The molecule has 2 aromatic carbocycles. The number of carbonyl (C=O) groups is 1. The third-order valence-electron chi connectivity index (χ3n) is 4.03. The Balaban J connectivity index is 2.09. The Morgan fingerprint density at radius 3 is 2.27 bits per heavy atom. The van der Waals surface area contributed by atoms with Crippen molar-refractivity contribution in [3.8, 4) is 11.8 Å². The number of nitriles is 1. The lowest BCUT2D eigenvalue weighted by atomic mass is 10.0. The molecule has 0 aliphatic carbocycles. The minimum absolute atomic E-state index is 0.0218. The Kier molecular flexibility index (Phi) is 6.57. The van der Waals surface area contributed by atoms with Gasteiger partial charge in [0.15, 0.2) is 0 Å². The molecular formula is C22H23NO3. The molecule has 0 spiro atoms. The quantitative estimate of drug-likeness (QED) is 0.432. The Hall–Kier alpha value is -3.06. The van der Waals surface area contributed by atoms with E-state index >= 15 is 0 Å². The van der Waals surface area contributed by atoms with Gasteiger partial charge in [-0.05, 0) is 68.2 Å². The van der Waals surface area contributed by atoms with E-state index in [2.05, 4.69) is 32.9 Å². The second-order valence-corrected chi connectivity index (χ2v) is 6.13. The van der Waals surface area contributed by atoms with E-state index in [0.717, 1.165) is 11.3 Å². The predicted octanol–water partition coefficient (Wildman–Crippen LogP) is 4.66. The summed E-state index contributed by atoms with van der Waals surface area (Å²) in [6.07, 6.45) is 1.51. The fourth-order valence-electron chi connectivity index (χ4n) is 2.77. The van der Waals surface area contributed by atoms with Crippen LogP contribution in [0.5, 0.6) is 5.75 Å². The van der Waals surface area contributed by atoms with Crippen molar-refractivity contribution in [2.75, 3.05) is 6.61 Å². The van der Waals surface area contributed by atoms with Gasteiger partial charge in [0.25, 0.3) is 0 Å². The molecule has 0 aliphatic heterocycles. The SMILES string of the molecule is CCOC(=O)/C(C#N)=C/c1ccc(OCc2c(C)cc(C)cc2C)cc1. The summed E-state index contributed by atoms with van der Waals surface area (Å²) >= 11 is 0. The maximum absolute atomic E-state index is 11.7. The molecule has 26 heavy (non-hydrogen) atoms. The molecule has 0 radical (unpaired) electrons. The second-order valence-electron chi connectivity index (χ2n) is 6.13. The molecule has 4 nitrogen and oxygen atoms in total. The van der Waals surface area contributed by atoms with Crippen LogP contribution in [0, 0.1) is 32.1 Å². The molecule has 0 aliphatic rings. The zero-order valence-corrected chi connectivity index (χ0v) is 15.6. The number of carbonyl (C=O) groups excluding carboxylic acids is 1. The molecule has 0 bridgehead atoms. The van der Waals surface area contributed by atoms with Crippen LogP contribution in [-0.2, 0) is 16.1 Å². The van der Waals surface area contributed by atoms with Crippen molar-refractivity contribution < 1.29 is 14.3 Å². The molecule has 0 amide bonds. The van der Waals surface area contributed by atoms with Crippen molar-refractivity contribution in [2.24, 2.45) is 0 Å². The van der Waals surface area contributed by atoms with Crippen LogP contribution < -0.4 is 4.74 Å². The third-order valence-corrected chi connectivity index (χ3v) is 4.03. The zero-order valence-electron chi connectivity index (χ0n) is 15.6. The lowest BCUT2D eigenvalue weighted by Crippen LogP contribution is -2.06. The number of hydrogen-bond acceptors (Lipinski definition) is 4. The Morgan fingerprint density at radius 1 is 1.12 bits per heavy atom. The number of esters is 1. The molecule has 2 aromatic rings.